The summed E-state index contributed by atoms with van der Waals surface area (Å²) in [6.07, 6.45) is 3.63. The Morgan fingerprint density at radius 3 is 2.79 bits per heavy atom. The largest absolute Gasteiger partial charge is 0.494 e. The van der Waals surface area contributed by atoms with Crippen molar-refractivity contribution in [3.63, 3.8) is 0 Å². The molecule has 0 aliphatic carbocycles. The van der Waals surface area contributed by atoms with E-state index in [1.165, 1.54) is 20.0 Å². The lowest BCUT2D eigenvalue weighted by atomic mass is 9.97. The number of carbonyl (C=O) groups excluding carboxylic acids is 1. The van der Waals surface area contributed by atoms with Crippen molar-refractivity contribution in [2.75, 3.05) is 26.8 Å². The Balaban J connectivity index is 1.75. The lowest BCUT2D eigenvalue weighted by molar-refractivity contribution is 0.0600. The van der Waals surface area contributed by atoms with Gasteiger partial charge in [0.05, 0.1) is 19.3 Å². The van der Waals surface area contributed by atoms with Crippen molar-refractivity contribution in [3.05, 3.63) is 29.8 Å². The average molecular weight is 263 g/mol. The van der Waals surface area contributed by atoms with Crippen LogP contribution in [0.2, 0.25) is 0 Å². The molecular weight excluding hydrogens is 242 g/mol. The van der Waals surface area contributed by atoms with Gasteiger partial charge in [0.2, 0.25) is 0 Å². The summed E-state index contributed by atoms with van der Waals surface area (Å²) < 4.78 is 10.3. The zero-order valence-electron chi connectivity index (χ0n) is 11.4. The first-order valence-corrected chi connectivity index (χ1v) is 6.81. The maximum Gasteiger partial charge on any atom is 0.337 e. The van der Waals surface area contributed by atoms with Crippen LogP contribution in [0.5, 0.6) is 5.75 Å². The predicted molar refractivity (Wildman–Crippen MR) is 73.5 cm³/mol. The van der Waals surface area contributed by atoms with E-state index in [0.717, 1.165) is 37.8 Å². The van der Waals surface area contributed by atoms with Crippen LogP contribution in [0.4, 0.5) is 0 Å². The SMILES string of the molecule is COC(=O)c1ccc(OCCC2CCCNC2)cc1. The summed E-state index contributed by atoms with van der Waals surface area (Å²) in [6, 6.07) is 7.07. The van der Waals surface area contributed by atoms with Crippen molar-refractivity contribution < 1.29 is 14.3 Å². The van der Waals surface area contributed by atoms with E-state index in [9.17, 15) is 4.79 Å². The summed E-state index contributed by atoms with van der Waals surface area (Å²) in [4.78, 5) is 11.3. The number of methoxy groups -OCH3 is 1. The van der Waals surface area contributed by atoms with Gasteiger partial charge in [0, 0.05) is 0 Å². The quantitative estimate of drug-likeness (QED) is 0.828. The van der Waals surface area contributed by atoms with E-state index < -0.39 is 0 Å². The minimum atomic E-state index is -0.320. The molecule has 1 aliphatic rings. The first kappa shape index (κ1) is 13.9. The van der Waals surface area contributed by atoms with E-state index >= 15 is 0 Å². The third-order valence-corrected chi connectivity index (χ3v) is 3.47. The molecule has 1 aromatic rings. The van der Waals surface area contributed by atoms with Gasteiger partial charge in [-0.25, -0.2) is 4.79 Å². The van der Waals surface area contributed by atoms with Crippen LogP contribution in [-0.4, -0.2) is 32.8 Å². The molecule has 19 heavy (non-hydrogen) atoms. The number of piperidine rings is 1. The monoisotopic (exact) mass is 263 g/mol. The fourth-order valence-electron chi connectivity index (χ4n) is 2.32. The van der Waals surface area contributed by atoms with Crippen LogP contribution in [0.15, 0.2) is 24.3 Å². The van der Waals surface area contributed by atoms with E-state index in [1.54, 1.807) is 12.1 Å². The van der Waals surface area contributed by atoms with Gasteiger partial charge < -0.3 is 14.8 Å². The van der Waals surface area contributed by atoms with E-state index in [-0.39, 0.29) is 5.97 Å². The maximum atomic E-state index is 11.3. The molecule has 0 radical (unpaired) electrons. The van der Waals surface area contributed by atoms with Gasteiger partial charge in [-0.1, -0.05) is 0 Å². The molecule has 4 nitrogen and oxygen atoms in total. The first-order valence-electron chi connectivity index (χ1n) is 6.81. The predicted octanol–water partition coefficient (Wildman–Crippen LogP) is 2.24. The van der Waals surface area contributed by atoms with Crippen LogP contribution in [-0.2, 0) is 4.74 Å². The summed E-state index contributed by atoms with van der Waals surface area (Å²) in [6.45, 7) is 2.97. The highest BCUT2D eigenvalue weighted by atomic mass is 16.5. The fraction of sp³-hybridized carbons (Fsp3) is 0.533. The van der Waals surface area contributed by atoms with E-state index in [1.807, 2.05) is 12.1 Å². The number of carbonyl (C=O) groups is 1. The molecule has 0 aromatic heterocycles. The van der Waals surface area contributed by atoms with E-state index in [0.29, 0.717) is 5.56 Å². The van der Waals surface area contributed by atoms with Crippen molar-refractivity contribution in [1.29, 1.82) is 0 Å². The van der Waals surface area contributed by atoms with Crippen LogP contribution in [0, 0.1) is 5.92 Å². The highest BCUT2D eigenvalue weighted by Gasteiger charge is 2.12. The molecule has 1 aromatic carbocycles. The Morgan fingerprint density at radius 1 is 1.37 bits per heavy atom. The molecule has 0 bridgehead atoms. The molecule has 1 saturated heterocycles. The molecule has 4 heteroatoms. The fourth-order valence-corrected chi connectivity index (χ4v) is 2.32. The molecule has 0 saturated carbocycles. The Hall–Kier alpha value is -1.55. The molecule has 1 atom stereocenters. The van der Waals surface area contributed by atoms with Crippen molar-refractivity contribution in [1.82, 2.24) is 5.32 Å². The smallest absolute Gasteiger partial charge is 0.337 e. The number of esters is 1. The van der Waals surface area contributed by atoms with Gasteiger partial charge in [-0.2, -0.15) is 0 Å². The molecular formula is C15H21NO3. The maximum absolute atomic E-state index is 11.3. The first-order chi connectivity index (χ1) is 9.29. The molecule has 1 aliphatic heterocycles. The van der Waals surface area contributed by atoms with E-state index in [2.05, 4.69) is 10.1 Å². The van der Waals surface area contributed by atoms with Gasteiger partial charge in [-0.05, 0) is 62.5 Å². The number of benzene rings is 1. The van der Waals surface area contributed by atoms with Crippen LogP contribution in [0.25, 0.3) is 0 Å². The van der Waals surface area contributed by atoms with Gasteiger partial charge in [0.15, 0.2) is 0 Å². The molecule has 1 fully saturated rings. The number of hydrogen-bond acceptors (Lipinski definition) is 4. The molecule has 1 N–H and O–H groups in total. The van der Waals surface area contributed by atoms with Gasteiger partial charge in [0.25, 0.3) is 0 Å². The third kappa shape index (κ3) is 4.24. The zero-order valence-corrected chi connectivity index (χ0v) is 11.4. The standard InChI is InChI=1S/C15H21NO3/c1-18-15(17)13-4-6-14(7-5-13)19-10-8-12-3-2-9-16-11-12/h4-7,12,16H,2-3,8-11H2,1H3. The highest BCUT2D eigenvalue weighted by molar-refractivity contribution is 5.89. The Bertz CT molecular complexity index is 396. The Labute approximate surface area is 114 Å². The van der Waals surface area contributed by atoms with Crippen molar-refractivity contribution in [2.45, 2.75) is 19.3 Å². The molecule has 1 heterocycles. The summed E-state index contributed by atoms with van der Waals surface area (Å²) in [7, 11) is 1.38. The highest BCUT2D eigenvalue weighted by Crippen LogP contribution is 2.17. The second kappa shape index (κ2) is 7.14. The van der Waals surface area contributed by atoms with E-state index in [4.69, 9.17) is 4.74 Å². The number of rotatable bonds is 5. The van der Waals surface area contributed by atoms with Crippen molar-refractivity contribution in [2.24, 2.45) is 5.92 Å². The minimum Gasteiger partial charge on any atom is -0.494 e. The number of ether oxygens (including phenoxy) is 2. The summed E-state index contributed by atoms with van der Waals surface area (Å²) >= 11 is 0. The van der Waals surface area contributed by atoms with Gasteiger partial charge in [-0.3, -0.25) is 0 Å². The van der Waals surface area contributed by atoms with Gasteiger partial charge in [0.1, 0.15) is 5.75 Å². The molecule has 2 rings (SSSR count). The molecule has 1 unspecified atom stereocenters. The second-order valence-corrected chi connectivity index (χ2v) is 4.87. The molecule has 0 amide bonds. The summed E-state index contributed by atoms with van der Waals surface area (Å²) in [5, 5.41) is 3.40. The van der Waals surface area contributed by atoms with Crippen molar-refractivity contribution >= 4 is 5.97 Å². The Kier molecular flexibility index (Phi) is 5.21. The molecule has 104 valence electrons. The zero-order chi connectivity index (χ0) is 13.5. The summed E-state index contributed by atoms with van der Waals surface area (Å²) in [5.74, 6) is 1.21. The van der Waals surface area contributed by atoms with Crippen LogP contribution < -0.4 is 10.1 Å². The van der Waals surface area contributed by atoms with Crippen LogP contribution in [0.3, 0.4) is 0 Å². The normalized spacial score (nSPS) is 18.9. The number of nitrogens with one attached hydrogen (secondary N) is 1. The van der Waals surface area contributed by atoms with Crippen LogP contribution in [0.1, 0.15) is 29.6 Å². The lowest BCUT2D eigenvalue weighted by Gasteiger charge is -2.22. The van der Waals surface area contributed by atoms with Gasteiger partial charge >= 0.3 is 5.97 Å². The molecule has 0 spiro atoms. The lowest BCUT2D eigenvalue weighted by Crippen LogP contribution is -2.30. The topological polar surface area (TPSA) is 47.6 Å². The summed E-state index contributed by atoms with van der Waals surface area (Å²) in [5.41, 5.74) is 0.548. The minimum absolute atomic E-state index is 0.320. The third-order valence-electron chi connectivity index (χ3n) is 3.47. The number of hydrogen-bond donors (Lipinski definition) is 1. The van der Waals surface area contributed by atoms with Crippen LogP contribution >= 0.6 is 0 Å². The second-order valence-electron chi connectivity index (χ2n) is 4.87. The van der Waals surface area contributed by atoms with Crippen molar-refractivity contribution in [3.8, 4) is 5.75 Å². The Morgan fingerprint density at radius 2 is 2.16 bits per heavy atom. The van der Waals surface area contributed by atoms with Gasteiger partial charge in [-0.15, -0.1) is 0 Å². The average Bonchev–Trinajstić information content (AvgIpc) is 2.48.